The number of benzene rings is 1. The molecule has 78 valence electrons. The lowest BCUT2D eigenvalue weighted by Crippen LogP contribution is -1.98. The Labute approximate surface area is 90.3 Å². The van der Waals surface area contributed by atoms with Gasteiger partial charge in [0.1, 0.15) is 15.8 Å². The minimum Gasteiger partial charge on any atom is -0.506 e. The van der Waals surface area contributed by atoms with Crippen molar-refractivity contribution >= 4 is 23.2 Å². The van der Waals surface area contributed by atoms with E-state index in [4.69, 9.17) is 23.2 Å². The largest absolute Gasteiger partial charge is 0.506 e. The van der Waals surface area contributed by atoms with E-state index in [1.807, 2.05) is 0 Å². The van der Waals surface area contributed by atoms with Gasteiger partial charge >= 0.3 is 0 Å². The summed E-state index contributed by atoms with van der Waals surface area (Å²) in [5, 5.41) is 8.16. The fraction of sp³-hybridized carbons (Fsp3) is 0.333. The van der Waals surface area contributed by atoms with Crippen LogP contribution in [-0.4, -0.2) is 5.11 Å². The summed E-state index contributed by atoms with van der Waals surface area (Å²) in [4.78, 5) is 0. The van der Waals surface area contributed by atoms with Gasteiger partial charge in [0.25, 0.3) is 0 Å². The van der Waals surface area contributed by atoms with Crippen molar-refractivity contribution in [2.24, 2.45) is 0 Å². The topological polar surface area (TPSA) is 20.2 Å². The Balaban J connectivity index is 3.60. The molecular formula is C9H8Cl2F2O. The number of phenols is 1. The van der Waals surface area contributed by atoms with Gasteiger partial charge in [-0.25, -0.2) is 8.78 Å². The molecule has 0 unspecified atom stereocenters. The van der Waals surface area contributed by atoms with Gasteiger partial charge in [0.05, 0.1) is 0 Å². The predicted octanol–water partition coefficient (Wildman–Crippen LogP) is 4.10. The van der Waals surface area contributed by atoms with Crippen LogP contribution in [0, 0.1) is 11.6 Å². The molecule has 0 fully saturated rings. The smallest absolute Gasteiger partial charge is 0.167 e. The van der Waals surface area contributed by atoms with Crippen LogP contribution in [0.25, 0.3) is 0 Å². The fourth-order valence-corrected chi connectivity index (χ4v) is 1.60. The maximum Gasteiger partial charge on any atom is 0.167 e. The highest BCUT2D eigenvalue weighted by atomic mass is 35.5. The number of hydrogen-bond acceptors (Lipinski definition) is 1. The molecule has 0 saturated heterocycles. The minimum atomic E-state index is -1.13. The Hall–Kier alpha value is -0.540. The molecule has 1 aromatic rings. The highest BCUT2D eigenvalue weighted by Gasteiger charge is 2.23. The van der Waals surface area contributed by atoms with E-state index in [0.29, 0.717) is 0 Å². The third-order valence-electron chi connectivity index (χ3n) is 1.85. The van der Waals surface area contributed by atoms with Crippen LogP contribution >= 0.6 is 23.2 Å². The van der Waals surface area contributed by atoms with Gasteiger partial charge in [-0.15, -0.1) is 0 Å². The summed E-state index contributed by atoms with van der Waals surface area (Å²) in [5.41, 5.74) is -0.0681. The van der Waals surface area contributed by atoms with Gasteiger partial charge in [-0.1, -0.05) is 37.0 Å². The summed E-state index contributed by atoms with van der Waals surface area (Å²) in [6.07, 6.45) is 0. The Morgan fingerprint density at radius 2 is 1.57 bits per heavy atom. The zero-order chi connectivity index (χ0) is 11.0. The quantitative estimate of drug-likeness (QED) is 0.579. The van der Waals surface area contributed by atoms with E-state index < -0.39 is 27.4 Å². The summed E-state index contributed by atoms with van der Waals surface area (Å²) in [7, 11) is 0. The maximum absolute atomic E-state index is 13.4. The maximum atomic E-state index is 13.4. The SMILES string of the molecule is CC(C)c1c(O)c(Cl)c(F)c(Cl)c1F. The van der Waals surface area contributed by atoms with E-state index in [1.54, 1.807) is 13.8 Å². The number of phenolic OH excluding ortho intramolecular Hbond substituents is 1. The lowest BCUT2D eigenvalue weighted by Gasteiger charge is -2.12. The van der Waals surface area contributed by atoms with Crippen molar-refractivity contribution in [3.8, 4) is 5.75 Å². The zero-order valence-electron chi connectivity index (χ0n) is 7.54. The lowest BCUT2D eigenvalue weighted by atomic mass is 10.0. The molecule has 0 aliphatic heterocycles. The average molecular weight is 241 g/mol. The van der Waals surface area contributed by atoms with Gasteiger partial charge in [-0.05, 0) is 5.92 Å². The minimum absolute atomic E-state index is 0.0681. The van der Waals surface area contributed by atoms with Crippen LogP contribution in [0.1, 0.15) is 25.3 Å². The third kappa shape index (κ3) is 1.66. The number of hydrogen-bond donors (Lipinski definition) is 1. The monoisotopic (exact) mass is 240 g/mol. The van der Waals surface area contributed by atoms with Crippen LogP contribution in [0.3, 0.4) is 0 Å². The van der Waals surface area contributed by atoms with Gasteiger partial charge < -0.3 is 5.11 Å². The van der Waals surface area contributed by atoms with Gasteiger partial charge in [0, 0.05) is 5.56 Å². The molecule has 0 amide bonds. The first-order valence-corrected chi connectivity index (χ1v) is 4.68. The highest BCUT2D eigenvalue weighted by Crippen LogP contribution is 2.40. The molecule has 1 rings (SSSR count). The summed E-state index contributed by atoms with van der Waals surface area (Å²) in [6, 6.07) is 0. The lowest BCUT2D eigenvalue weighted by molar-refractivity contribution is 0.445. The molecule has 1 N–H and O–H groups in total. The molecule has 0 heterocycles. The summed E-state index contributed by atoms with van der Waals surface area (Å²) in [5.74, 6) is -3.00. The van der Waals surface area contributed by atoms with Crippen molar-refractivity contribution in [1.82, 2.24) is 0 Å². The van der Waals surface area contributed by atoms with Crippen molar-refractivity contribution in [3.63, 3.8) is 0 Å². The van der Waals surface area contributed by atoms with Crippen LogP contribution in [-0.2, 0) is 0 Å². The predicted molar refractivity (Wildman–Crippen MR) is 52.1 cm³/mol. The van der Waals surface area contributed by atoms with E-state index in [0.717, 1.165) is 0 Å². The second kappa shape index (κ2) is 3.91. The van der Waals surface area contributed by atoms with Gasteiger partial charge in [0.15, 0.2) is 11.6 Å². The fourth-order valence-electron chi connectivity index (χ4n) is 1.16. The number of rotatable bonds is 1. The van der Waals surface area contributed by atoms with Gasteiger partial charge in [-0.3, -0.25) is 0 Å². The second-order valence-electron chi connectivity index (χ2n) is 3.17. The Morgan fingerprint density at radius 3 is 2.00 bits per heavy atom. The van der Waals surface area contributed by atoms with E-state index in [2.05, 4.69) is 0 Å². The summed E-state index contributed by atoms with van der Waals surface area (Å²) in [6.45, 7) is 3.28. The Bertz CT molecular complexity index is 349. The summed E-state index contributed by atoms with van der Waals surface area (Å²) < 4.78 is 26.4. The zero-order valence-corrected chi connectivity index (χ0v) is 9.05. The molecule has 0 aliphatic rings. The normalized spacial score (nSPS) is 11.1. The van der Waals surface area contributed by atoms with Crippen molar-refractivity contribution < 1.29 is 13.9 Å². The van der Waals surface area contributed by atoms with Gasteiger partial charge in [-0.2, -0.15) is 0 Å². The van der Waals surface area contributed by atoms with Crippen LogP contribution in [0.15, 0.2) is 0 Å². The first kappa shape index (κ1) is 11.5. The molecule has 0 radical (unpaired) electrons. The second-order valence-corrected chi connectivity index (χ2v) is 3.93. The van der Waals surface area contributed by atoms with Crippen LogP contribution in [0.5, 0.6) is 5.75 Å². The van der Waals surface area contributed by atoms with Crippen molar-refractivity contribution in [3.05, 3.63) is 27.2 Å². The first-order valence-electron chi connectivity index (χ1n) is 3.92. The number of halogens is 4. The third-order valence-corrected chi connectivity index (χ3v) is 2.53. The molecule has 1 nitrogen and oxygen atoms in total. The van der Waals surface area contributed by atoms with Crippen molar-refractivity contribution in [2.75, 3.05) is 0 Å². The van der Waals surface area contributed by atoms with Crippen molar-refractivity contribution in [1.29, 1.82) is 0 Å². The average Bonchev–Trinajstić information content (AvgIpc) is 2.11. The molecule has 0 saturated carbocycles. The van der Waals surface area contributed by atoms with E-state index in [-0.39, 0.29) is 11.5 Å². The van der Waals surface area contributed by atoms with E-state index in [9.17, 15) is 13.9 Å². The highest BCUT2D eigenvalue weighted by molar-refractivity contribution is 6.36. The summed E-state index contributed by atoms with van der Waals surface area (Å²) >= 11 is 10.8. The van der Waals surface area contributed by atoms with Crippen LogP contribution in [0.2, 0.25) is 10.0 Å². The molecule has 0 aliphatic carbocycles. The van der Waals surface area contributed by atoms with Gasteiger partial charge in [0.2, 0.25) is 0 Å². The molecular weight excluding hydrogens is 233 g/mol. The molecule has 0 bridgehead atoms. The number of aromatic hydroxyl groups is 1. The van der Waals surface area contributed by atoms with E-state index >= 15 is 0 Å². The van der Waals surface area contributed by atoms with Crippen molar-refractivity contribution in [2.45, 2.75) is 19.8 Å². The molecule has 14 heavy (non-hydrogen) atoms. The molecule has 5 heteroatoms. The molecule has 0 spiro atoms. The van der Waals surface area contributed by atoms with Crippen LogP contribution in [0.4, 0.5) is 8.78 Å². The molecule has 0 atom stereocenters. The molecule has 1 aromatic carbocycles. The first-order chi connectivity index (χ1) is 6.37. The molecule has 0 aromatic heterocycles. The van der Waals surface area contributed by atoms with E-state index in [1.165, 1.54) is 0 Å². The Morgan fingerprint density at radius 1 is 1.07 bits per heavy atom. The standard InChI is InChI=1S/C9H8Cl2F2O/c1-3(2)4-7(12)5(10)8(13)6(11)9(4)14/h3,14H,1-2H3. The Kier molecular flexibility index (Phi) is 3.22. The van der Waals surface area contributed by atoms with Crippen LogP contribution < -0.4 is 0 Å².